The molecule has 1 N–H and O–H groups in total. The van der Waals surface area contributed by atoms with Crippen LogP contribution in [0.4, 0.5) is 17.2 Å². The zero-order chi connectivity index (χ0) is 47.7. The Morgan fingerprint density at radius 3 is 1.51 bits per heavy atom. The Hall–Kier alpha value is -9.92. The molecule has 1 unspecified atom stereocenters. The molecule has 0 spiro atoms. The smallest absolute Gasteiger partial charge is 0.237 e. The summed E-state index contributed by atoms with van der Waals surface area (Å²) in [5, 5.41) is 13.5. The number of aromatic nitrogens is 6. The van der Waals surface area contributed by atoms with Crippen LogP contribution in [0.3, 0.4) is 0 Å². The van der Waals surface area contributed by atoms with Crippen molar-refractivity contribution in [1.82, 2.24) is 28.2 Å². The monoisotopic (exact) mass is 934 g/mol. The van der Waals surface area contributed by atoms with Crippen molar-refractivity contribution >= 4 is 104 Å². The molecular weight excluding hydrogens is 893 g/mol. The molecule has 0 fully saturated rings. The van der Waals surface area contributed by atoms with Crippen LogP contribution in [0.1, 0.15) is 6.29 Å². The van der Waals surface area contributed by atoms with E-state index in [-0.39, 0.29) is 0 Å². The number of fused-ring (bicyclic) bond motifs is 14. The molecule has 8 heteroatoms. The van der Waals surface area contributed by atoms with E-state index >= 15 is 0 Å². The fourth-order valence-electron chi connectivity index (χ4n) is 12.2. The quantitative estimate of drug-likeness (QED) is 0.180. The molecule has 1 atom stereocenters. The minimum atomic E-state index is -0.439. The molecule has 10 aromatic carbocycles. The Balaban J connectivity index is 0.980. The van der Waals surface area contributed by atoms with E-state index in [2.05, 4.69) is 271 Å². The third-order valence-electron chi connectivity index (χ3n) is 15.2. The molecule has 6 heterocycles. The predicted octanol–water partition coefficient (Wildman–Crippen LogP) is 16.3. The van der Waals surface area contributed by atoms with Gasteiger partial charge in [-0.05, 0) is 78.9 Å². The third-order valence-corrected chi connectivity index (χ3v) is 15.2. The SMILES string of the molecule is c1ccc(-c2nc(-n3c4ccccc4c4c3ccc3c5ccccc5n(-c5ccccc5)c34)nc3c2N(c2ccccc2)C(n2c4ccccc4c4cc5c(cc42)c2ccccc2n5-c2ccccc2)N3)cc1. The first-order valence-corrected chi connectivity index (χ1v) is 24.9. The van der Waals surface area contributed by atoms with E-state index in [1.54, 1.807) is 0 Å². The Kier molecular flexibility index (Phi) is 8.35. The van der Waals surface area contributed by atoms with Crippen LogP contribution in [0.15, 0.2) is 243 Å². The molecule has 0 saturated heterocycles. The van der Waals surface area contributed by atoms with Gasteiger partial charge in [0.15, 0.2) is 12.1 Å². The molecule has 0 radical (unpaired) electrons. The minimum Gasteiger partial charge on any atom is -0.330 e. The molecule has 1 aliphatic rings. The van der Waals surface area contributed by atoms with Gasteiger partial charge in [-0.1, -0.05) is 164 Å². The predicted molar refractivity (Wildman–Crippen MR) is 301 cm³/mol. The zero-order valence-electron chi connectivity index (χ0n) is 39.3. The number of hydrogen-bond donors (Lipinski definition) is 1. The van der Waals surface area contributed by atoms with E-state index < -0.39 is 6.29 Å². The van der Waals surface area contributed by atoms with Crippen LogP contribution in [-0.4, -0.2) is 28.2 Å². The van der Waals surface area contributed by atoms with Gasteiger partial charge >= 0.3 is 0 Å². The van der Waals surface area contributed by atoms with Crippen LogP contribution in [0, 0.1) is 0 Å². The molecule has 5 aromatic heterocycles. The Bertz CT molecular complexity index is 4700. The molecule has 342 valence electrons. The Morgan fingerprint density at radius 1 is 0.342 bits per heavy atom. The van der Waals surface area contributed by atoms with Gasteiger partial charge in [-0.15, -0.1) is 0 Å². The lowest BCUT2D eigenvalue weighted by molar-refractivity contribution is 0.627. The Labute approximate surface area is 418 Å². The van der Waals surface area contributed by atoms with Gasteiger partial charge in [-0.2, -0.15) is 4.98 Å². The van der Waals surface area contributed by atoms with E-state index in [1.165, 1.54) is 43.4 Å². The summed E-state index contributed by atoms with van der Waals surface area (Å²) in [6, 6.07) is 87.1. The second-order valence-electron chi connectivity index (χ2n) is 19.0. The molecule has 0 amide bonds. The molecule has 8 nitrogen and oxygen atoms in total. The first-order valence-electron chi connectivity index (χ1n) is 24.9. The fourth-order valence-corrected chi connectivity index (χ4v) is 12.2. The van der Waals surface area contributed by atoms with Crippen molar-refractivity contribution < 1.29 is 0 Å². The number of benzene rings is 10. The van der Waals surface area contributed by atoms with Gasteiger partial charge in [0.2, 0.25) is 5.95 Å². The molecule has 1 aliphatic heterocycles. The summed E-state index contributed by atoms with van der Waals surface area (Å²) in [6.07, 6.45) is -0.439. The molecule has 16 rings (SSSR count). The normalized spacial score (nSPS) is 13.7. The molecular formula is C65H42N8. The Morgan fingerprint density at radius 2 is 0.836 bits per heavy atom. The fraction of sp³-hybridized carbons (Fsp3) is 0.0154. The zero-order valence-corrected chi connectivity index (χ0v) is 39.3. The van der Waals surface area contributed by atoms with Crippen molar-refractivity contribution in [3.63, 3.8) is 0 Å². The maximum atomic E-state index is 5.73. The van der Waals surface area contributed by atoms with Crippen molar-refractivity contribution in [1.29, 1.82) is 0 Å². The maximum absolute atomic E-state index is 5.73. The van der Waals surface area contributed by atoms with Crippen LogP contribution in [0.5, 0.6) is 0 Å². The molecule has 0 saturated carbocycles. The largest absolute Gasteiger partial charge is 0.330 e. The van der Waals surface area contributed by atoms with Gasteiger partial charge in [-0.25, -0.2) is 4.98 Å². The number of nitrogens with one attached hydrogen (secondary N) is 1. The van der Waals surface area contributed by atoms with Gasteiger partial charge in [0.05, 0.1) is 44.1 Å². The number of hydrogen-bond acceptors (Lipinski definition) is 4. The van der Waals surface area contributed by atoms with Crippen LogP contribution >= 0.6 is 0 Å². The summed E-state index contributed by atoms with van der Waals surface area (Å²) >= 11 is 0. The van der Waals surface area contributed by atoms with E-state index in [1.807, 2.05) is 0 Å². The summed E-state index contributed by atoms with van der Waals surface area (Å²) < 4.78 is 9.57. The summed E-state index contributed by atoms with van der Waals surface area (Å²) in [4.78, 5) is 13.8. The summed E-state index contributed by atoms with van der Waals surface area (Å²) in [6.45, 7) is 0. The first-order chi connectivity index (χ1) is 36.3. The van der Waals surface area contributed by atoms with Gasteiger partial charge in [-0.3, -0.25) is 9.47 Å². The molecule has 15 aromatic rings. The lowest BCUT2D eigenvalue weighted by Gasteiger charge is -2.30. The van der Waals surface area contributed by atoms with E-state index in [0.29, 0.717) is 5.95 Å². The average Bonchev–Trinajstić information content (AvgIpc) is 4.29. The number of nitrogens with zero attached hydrogens (tertiary/aromatic N) is 7. The molecule has 73 heavy (non-hydrogen) atoms. The van der Waals surface area contributed by atoms with Crippen molar-refractivity contribution in [2.24, 2.45) is 0 Å². The highest BCUT2D eigenvalue weighted by Crippen LogP contribution is 2.51. The van der Waals surface area contributed by atoms with E-state index in [9.17, 15) is 0 Å². The topological polar surface area (TPSA) is 60.8 Å². The summed E-state index contributed by atoms with van der Waals surface area (Å²) in [5.41, 5.74) is 15.0. The number of para-hydroxylation sites is 7. The van der Waals surface area contributed by atoms with Crippen molar-refractivity contribution in [2.45, 2.75) is 6.29 Å². The third kappa shape index (κ3) is 5.65. The number of anilines is 3. The van der Waals surface area contributed by atoms with E-state index in [0.717, 1.165) is 83.7 Å². The maximum Gasteiger partial charge on any atom is 0.237 e. The summed E-state index contributed by atoms with van der Waals surface area (Å²) in [5.74, 6) is 1.33. The van der Waals surface area contributed by atoms with E-state index in [4.69, 9.17) is 9.97 Å². The first kappa shape index (κ1) is 39.9. The lowest BCUT2D eigenvalue weighted by atomic mass is 10.1. The second-order valence-corrected chi connectivity index (χ2v) is 19.0. The molecule has 0 bridgehead atoms. The van der Waals surface area contributed by atoms with Gasteiger partial charge in [0.1, 0.15) is 11.4 Å². The van der Waals surface area contributed by atoms with Gasteiger partial charge in [0.25, 0.3) is 0 Å². The minimum absolute atomic E-state index is 0.439. The van der Waals surface area contributed by atoms with Crippen LogP contribution in [0.2, 0.25) is 0 Å². The highest BCUT2D eigenvalue weighted by atomic mass is 15.5. The number of rotatable bonds is 6. The van der Waals surface area contributed by atoms with Crippen molar-refractivity contribution in [3.8, 4) is 28.6 Å². The standard InChI is InChI=1S/C65H42N8/c1-5-21-41(22-6-1)60-62-63(67-64(66-60)72-55-36-20-16-32-49(55)59-56(72)38-37-48-45-29-13-18-34-53(45)70(61(48)59)43-25-9-3-10-26-43)68-65(71(62)44-27-11-4-12-28-44)73-54-35-19-15-31-47(54)51-39-57-50(40-58(51)73)46-30-14-17-33-52(46)69(57)42-23-7-2-8-24-42/h1-40,65H,(H,66,67,68). The summed E-state index contributed by atoms with van der Waals surface area (Å²) in [7, 11) is 0. The second kappa shape index (κ2) is 15.3. The lowest BCUT2D eigenvalue weighted by Crippen LogP contribution is -2.29. The van der Waals surface area contributed by atoms with Crippen LogP contribution in [0.25, 0.3) is 116 Å². The van der Waals surface area contributed by atoms with Gasteiger partial charge in [0, 0.05) is 65.7 Å². The highest BCUT2D eigenvalue weighted by molar-refractivity contribution is 6.26. The average molecular weight is 935 g/mol. The highest BCUT2D eigenvalue weighted by Gasteiger charge is 2.39. The van der Waals surface area contributed by atoms with Crippen molar-refractivity contribution in [3.05, 3.63) is 243 Å². The van der Waals surface area contributed by atoms with Crippen molar-refractivity contribution in [2.75, 3.05) is 10.2 Å². The van der Waals surface area contributed by atoms with Crippen LogP contribution in [-0.2, 0) is 0 Å². The van der Waals surface area contributed by atoms with Crippen LogP contribution < -0.4 is 10.2 Å². The van der Waals surface area contributed by atoms with Gasteiger partial charge < -0.3 is 19.0 Å². The molecule has 0 aliphatic carbocycles.